The summed E-state index contributed by atoms with van der Waals surface area (Å²) in [5.74, 6) is 1.70. The van der Waals surface area contributed by atoms with Crippen molar-refractivity contribution in [2.75, 3.05) is 6.54 Å². The van der Waals surface area contributed by atoms with Gasteiger partial charge in [-0.3, -0.25) is 4.79 Å². The van der Waals surface area contributed by atoms with Gasteiger partial charge < -0.3 is 9.84 Å². The van der Waals surface area contributed by atoms with E-state index in [2.05, 4.69) is 39.7 Å². The van der Waals surface area contributed by atoms with Gasteiger partial charge >= 0.3 is 0 Å². The highest BCUT2D eigenvalue weighted by molar-refractivity contribution is 7.98. The molecule has 1 amide bonds. The first-order valence-electron chi connectivity index (χ1n) is 9.56. The predicted molar refractivity (Wildman–Crippen MR) is 109 cm³/mol. The van der Waals surface area contributed by atoms with Crippen LogP contribution >= 0.6 is 11.8 Å². The van der Waals surface area contributed by atoms with E-state index in [1.54, 1.807) is 12.3 Å². The maximum absolute atomic E-state index is 12.8. The number of carbonyl (C=O) groups excluding carboxylic acids is 1. The number of hydrogen-bond acceptors (Lipinski definition) is 5. The number of thioether (sulfide) groups is 1. The van der Waals surface area contributed by atoms with E-state index in [4.69, 9.17) is 4.52 Å². The number of nitrogens with zero attached hydrogens (tertiary/aromatic N) is 2. The van der Waals surface area contributed by atoms with Crippen molar-refractivity contribution in [2.24, 2.45) is 0 Å². The van der Waals surface area contributed by atoms with Crippen molar-refractivity contribution in [3.63, 3.8) is 0 Å². The smallest absolute Gasteiger partial charge is 0.254 e. The molecule has 0 fully saturated rings. The Morgan fingerprint density at radius 2 is 2.18 bits per heavy atom. The summed E-state index contributed by atoms with van der Waals surface area (Å²) in [5, 5.41) is 7.84. The Bertz CT molecular complexity index is 970. The summed E-state index contributed by atoms with van der Waals surface area (Å²) >= 11 is 1.50. The van der Waals surface area contributed by atoms with Crippen LogP contribution in [-0.4, -0.2) is 22.6 Å². The van der Waals surface area contributed by atoms with Crippen LogP contribution in [0.4, 0.5) is 0 Å². The zero-order valence-corrected chi connectivity index (χ0v) is 16.7. The van der Waals surface area contributed by atoms with E-state index in [9.17, 15) is 4.79 Å². The summed E-state index contributed by atoms with van der Waals surface area (Å²) in [7, 11) is 0. The van der Waals surface area contributed by atoms with Gasteiger partial charge in [-0.25, -0.2) is 4.98 Å². The maximum atomic E-state index is 12.8. The number of fused-ring (bicyclic) bond motifs is 1. The highest BCUT2D eigenvalue weighted by Crippen LogP contribution is 2.31. The summed E-state index contributed by atoms with van der Waals surface area (Å²) in [5.41, 5.74) is 4.24. The van der Waals surface area contributed by atoms with Gasteiger partial charge in [0.05, 0.1) is 11.3 Å². The van der Waals surface area contributed by atoms with Crippen LogP contribution in [0, 0.1) is 6.92 Å². The van der Waals surface area contributed by atoms with Gasteiger partial charge in [-0.1, -0.05) is 41.2 Å². The highest BCUT2D eigenvalue weighted by Gasteiger charge is 2.21. The van der Waals surface area contributed by atoms with Gasteiger partial charge in [-0.2, -0.15) is 0 Å². The van der Waals surface area contributed by atoms with E-state index in [1.165, 1.54) is 29.3 Å². The second kappa shape index (κ2) is 8.61. The minimum atomic E-state index is -0.0741. The maximum Gasteiger partial charge on any atom is 0.254 e. The fraction of sp³-hybridized carbons (Fsp3) is 0.318. The van der Waals surface area contributed by atoms with Gasteiger partial charge in [-0.15, -0.1) is 0 Å². The molecule has 5 nitrogen and oxygen atoms in total. The van der Waals surface area contributed by atoms with E-state index < -0.39 is 0 Å². The van der Waals surface area contributed by atoms with Crippen molar-refractivity contribution in [1.29, 1.82) is 0 Å². The molecule has 144 valence electrons. The Morgan fingerprint density at radius 1 is 1.29 bits per heavy atom. The van der Waals surface area contributed by atoms with Crippen LogP contribution < -0.4 is 5.32 Å². The Balaban J connectivity index is 1.41. The number of rotatable bonds is 6. The van der Waals surface area contributed by atoms with E-state index in [-0.39, 0.29) is 5.91 Å². The van der Waals surface area contributed by atoms with E-state index in [1.807, 2.05) is 19.1 Å². The van der Waals surface area contributed by atoms with Gasteiger partial charge in [-0.05, 0) is 49.4 Å². The summed E-state index contributed by atoms with van der Waals surface area (Å²) in [6, 6.07) is 14.1. The molecular formula is C22H23N3O2S. The lowest BCUT2D eigenvalue weighted by molar-refractivity contribution is 0.0946. The van der Waals surface area contributed by atoms with Crippen LogP contribution in [0.1, 0.15) is 51.7 Å². The lowest BCUT2D eigenvalue weighted by atomic mass is 9.83. The Hall–Kier alpha value is -2.60. The number of amides is 1. The average Bonchev–Trinajstić information content (AvgIpc) is 3.16. The van der Waals surface area contributed by atoms with Crippen molar-refractivity contribution >= 4 is 17.7 Å². The second-order valence-corrected chi connectivity index (χ2v) is 8.04. The second-order valence-electron chi connectivity index (χ2n) is 7.07. The number of pyridine rings is 1. The topological polar surface area (TPSA) is 68.0 Å². The number of aromatic nitrogens is 2. The van der Waals surface area contributed by atoms with Crippen molar-refractivity contribution < 1.29 is 9.32 Å². The van der Waals surface area contributed by atoms with Crippen LogP contribution in [0.2, 0.25) is 0 Å². The summed E-state index contributed by atoms with van der Waals surface area (Å²) in [6.45, 7) is 2.52. The first-order chi connectivity index (χ1) is 13.7. The normalized spacial score (nSPS) is 15.8. The summed E-state index contributed by atoms with van der Waals surface area (Å²) in [6.07, 6.45) is 5.12. The molecular weight excluding hydrogens is 370 g/mol. The van der Waals surface area contributed by atoms with Crippen molar-refractivity contribution in [3.8, 4) is 0 Å². The van der Waals surface area contributed by atoms with Crippen LogP contribution in [-0.2, 0) is 12.2 Å². The van der Waals surface area contributed by atoms with E-state index in [0.29, 0.717) is 28.8 Å². The fourth-order valence-corrected chi connectivity index (χ4v) is 4.56. The fourth-order valence-electron chi connectivity index (χ4n) is 3.68. The van der Waals surface area contributed by atoms with Crippen LogP contribution in [0.3, 0.4) is 0 Å². The molecule has 1 aliphatic rings. The zero-order valence-electron chi connectivity index (χ0n) is 15.9. The van der Waals surface area contributed by atoms with Crippen LogP contribution in [0.25, 0.3) is 0 Å². The summed E-state index contributed by atoms with van der Waals surface area (Å²) < 4.78 is 5.10. The molecule has 1 aromatic carbocycles. The number of benzene rings is 1. The van der Waals surface area contributed by atoms with Crippen LogP contribution in [0.15, 0.2) is 58.2 Å². The minimum Gasteiger partial charge on any atom is -0.361 e. The van der Waals surface area contributed by atoms with Gasteiger partial charge in [0.25, 0.3) is 5.91 Å². The molecule has 4 rings (SSSR count). The third-order valence-corrected chi connectivity index (χ3v) is 6.09. The van der Waals surface area contributed by atoms with Crippen molar-refractivity contribution in [2.45, 2.75) is 42.9 Å². The number of carbonyl (C=O) groups is 1. The van der Waals surface area contributed by atoms with Crippen molar-refractivity contribution in [1.82, 2.24) is 15.5 Å². The molecule has 0 bridgehead atoms. The quantitative estimate of drug-likeness (QED) is 0.624. The molecule has 0 aliphatic heterocycles. The standard InChI is InChI=1S/C22H23N3O2S/c1-15-12-18(25-27-15)14-28-22-20(10-5-11-23-22)21(26)24-13-17-8-4-7-16-6-2-3-9-19(16)17/h2-3,5-6,9-12,17H,4,7-8,13-14H2,1H3,(H,24,26). The SMILES string of the molecule is Cc1cc(CSc2ncccc2C(=O)NCC2CCCc3ccccc32)no1. The zero-order chi connectivity index (χ0) is 19.3. The Kier molecular flexibility index (Phi) is 5.76. The largest absolute Gasteiger partial charge is 0.361 e. The van der Waals surface area contributed by atoms with Gasteiger partial charge in [0.15, 0.2) is 0 Å². The first kappa shape index (κ1) is 18.7. The molecule has 3 aromatic rings. The monoisotopic (exact) mass is 393 g/mol. The molecule has 0 saturated carbocycles. The van der Waals surface area contributed by atoms with E-state index in [0.717, 1.165) is 24.3 Å². The number of hydrogen-bond donors (Lipinski definition) is 1. The molecule has 2 aromatic heterocycles. The minimum absolute atomic E-state index is 0.0741. The van der Waals surface area contributed by atoms with Gasteiger partial charge in [0.2, 0.25) is 0 Å². The first-order valence-corrected chi connectivity index (χ1v) is 10.6. The lowest BCUT2D eigenvalue weighted by Gasteiger charge is -2.25. The molecule has 2 heterocycles. The number of nitrogens with one attached hydrogen (secondary N) is 1. The summed E-state index contributed by atoms with van der Waals surface area (Å²) in [4.78, 5) is 17.2. The Labute approximate surface area is 168 Å². The van der Waals surface area contributed by atoms with Gasteiger partial charge in [0, 0.05) is 30.5 Å². The molecule has 0 spiro atoms. The molecule has 0 radical (unpaired) electrons. The van der Waals surface area contributed by atoms with Crippen LogP contribution in [0.5, 0.6) is 0 Å². The third-order valence-electron chi connectivity index (χ3n) is 5.05. The molecule has 1 N–H and O–H groups in total. The molecule has 28 heavy (non-hydrogen) atoms. The molecule has 1 aliphatic carbocycles. The predicted octanol–water partition coefficient (Wildman–Crippen LogP) is 4.52. The molecule has 1 unspecified atom stereocenters. The Morgan fingerprint density at radius 3 is 3.04 bits per heavy atom. The van der Waals surface area contributed by atoms with E-state index >= 15 is 0 Å². The highest BCUT2D eigenvalue weighted by atomic mass is 32.2. The number of aryl methyl sites for hydroxylation is 2. The van der Waals surface area contributed by atoms with Crippen molar-refractivity contribution in [3.05, 3.63) is 76.8 Å². The molecule has 0 saturated heterocycles. The molecule has 6 heteroatoms. The molecule has 1 atom stereocenters. The average molecular weight is 394 g/mol. The lowest BCUT2D eigenvalue weighted by Crippen LogP contribution is -2.30. The van der Waals surface area contributed by atoms with Gasteiger partial charge in [0.1, 0.15) is 10.8 Å². The third kappa shape index (κ3) is 4.28.